The van der Waals surface area contributed by atoms with Gasteiger partial charge in [0.1, 0.15) is 11.6 Å². The molecule has 0 spiro atoms. The monoisotopic (exact) mass is 403 g/mol. The van der Waals surface area contributed by atoms with Crippen molar-refractivity contribution in [1.82, 2.24) is 5.01 Å². The Hall–Kier alpha value is -2.84. The number of benzene rings is 2. The number of rotatable bonds is 8. The first-order valence-corrected chi connectivity index (χ1v) is 9.32. The summed E-state index contributed by atoms with van der Waals surface area (Å²) in [5, 5.41) is 5.48. The lowest BCUT2D eigenvalue weighted by Gasteiger charge is -2.35. The molecule has 2 N–H and O–H groups in total. The lowest BCUT2D eigenvalue weighted by Crippen LogP contribution is -2.45. The van der Waals surface area contributed by atoms with Crippen molar-refractivity contribution in [3.05, 3.63) is 71.3 Å². The van der Waals surface area contributed by atoms with E-state index in [9.17, 15) is 13.6 Å². The molecule has 1 unspecified atom stereocenters. The molecular weight excluding hydrogens is 380 g/mol. The van der Waals surface area contributed by atoms with Gasteiger partial charge in [0.25, 0.3) is 0 Å². The Kier molecular flexibility index (Phi) is 6.56. The first kappa shape index (κ1) is 20.9. The minimum absolute atomic E-state index is 0.0550. The molecule has 1 heterocycles. The Balaban J connectivity index is 2.10. The van der Waals surface area contributed by atoms with Crippen LogP contribution in [0.1, 0.15) is 30.4 Å². The van der Waals surface area contributed by atoms with Crippen LogP contribution >= 0.6 is 0 Å². The summed E-state index contributed by atoms with van der Waals surface area (Å²) in [6.45, 7) is 0.554. The molecule has 6 nitrogen and oxygen atoms in total. The second-order valence-corrected chi connectivity index (χ2v) is 6.62. The lowest BCUT2D eigenvalue weighted by atomic mass is 9.96. The van der Waals surface area contributed by atoms with Crippen LogP contribution in [0.15, 0.2) is 53.6 Å². The van der Waals surface area contributed by atoms with Gasteiger partial charge in [-0.3, -0.25) is 4.79 Å². The standard InChI is InChI=1S/C21H23F2N3O3/c1-28-13-10-19(27)26-21(11-5-12-24,15-6-3-2-4-7-15)29-20(25-26)17-14-16(22)8-9-18(17)23/h2-4,6-9,14H,5,10-13,24H2,1H3. The van der Waals surface area contributed by atoms with Crippen molar-refractivity contribution in [2.45, 2.75) is 25.0 Å². The molecule has 2 aromatic rings. The van der Waals surface area contributed by atoms with Crippen molar-refractivity contribution in [2.75, 3.05) is 20.3 Å². The molecule has 29 heavy (non-hydrogen) atoms. The van der Waals surface area contributed by atoms with Gasteiger partial charge in [-0.25, -0.2) is 8.78 Å². The zero-order chi connectivity index (χ0) is 20.9. The Morgan fingerprint density at radius 3 is 2.69 bits per heavy atom. The molecule has 0 bridgehead atoms. The molecule has 0 saturated heterocycles. The summed E-state index contributed by atoms with van der Waals surface area (Å²) >= 11 is 0. The number of methoxy groups -OCH3 is 1. The summed E-state index contributed by atoms with van der Waals surface area (Å²) in [6.07, 6.45) is 0.910. The maximum atomic E-state index is 14.4. The van der Waals surface area contributed by atoms with E-state index in [-0.39, 0.29) is 30.4 Å². The molecule has 0 radical (unpaired) electrons. The van der Waals surface area contributed by atoms with Gasteiger partial charge >= 0.3 is 0 Å². The molecule has 2 aromatic carbocycles. The van der Waals surface area contributed by atoms with E-state index in [1.54, 1.807) is 12.1 Å². The smallest absolute Gasteiger partial charge is 0.248 e. The summed E-state index contributed by atoms with van der Waals surface area (Å²) in [5.41, 5.74) is 4.91. The average molecular weight is 403 g/mol. The third-order valence-electron chi connectivity index (χ3n) is 4.66. The molecule has 8 heteroatoms. The van der Waals surface area contributed by atoms with Crippen LogP contribution in [-0.2, 0) is 20.0 Å². The van der Waals surface area contributed by atoms with E-state index >= 15 is 0 Å². The van der Waals surface area contributed by atoms with Crippen molar-refractivity contribution in [1.29, 1.82) is 0 Å². The Morgan fingerprint density at radius 2 is 2.00 bits per heavy atom. The highest BCUT2D eigenvalue weighted by Gasteiger charge is 2.49. The highest BCUT2D eigenvalue weighted by Crippen LogP contribution is 2.41. The van der Waals surface area contributed by atoms with Crippen molar-refractivity contribution in [3.63, 3.8) is 0 Å². The molecule has 1 atom stereocenters. The average Bonchev–Trinajstić information content (AvgIpc) is 3.13. The van der Waals surface area contributed by atoms with Gasteiger partial charge < -0.3 is 15.2 Å². The number of hydrogen-bond acceptors (Lipinski definition) is 5. The number of carbonyl (C=O) groups excluding carboxylic acids is 1. The van der Waals surface area contributed by atoms with Gasteiger partial charge in [-0.05, 0) is 31.2 Å². The van der Waals surface area contributed by atoms with Crippen LogP contribution in [0.5, 0.6) is 0 Å². The number of hydrogen-bond donors (Lipinski definition) is 1. The van der Waals surface area contributed by atoms with Gasteiger partial charge in [-0.2, -0.15) is 5.01 Å². The fourth-order valence-corrected chi connectivity index (χ4v) is 3.24. The van der Waals surface area contributed by atoms with Gasteiger partial charge in [-0.1, -0.05) is 30.3 Å². The topological polar surface area (TPSA) is 77.1 Å². The molecule has 1 aliphatic rings. The minimum Gasteiger partial charge on any atom is -0.443 e. The summed E-state index contributed by atoms with van der Waals surface area (Å²) in [7, 11) is 1.49. The van der Waals surface area contributed by atoms with Gasteiger partial charge in [-0.15, -0.1) is 5.10 Å². The van der Waals surface area contributed by atoms with Gasteiger partial charge in [0, 0.05) is 19.1 Å². The first-order valence-electron chi connectivity index (χ1n) is 9.32. The normalized spacial score (nSPS) is 18.5. The summed E-state index contributed by atoms with van der Waals surface area (Å²) < 4.78 is 39.3. The molecule has 0 aliphatic carbocycles. The van der Waals surface area contributed by atoms with Gasteiger partial charge in [0.15, 0.2) is 0 Å². The van der Waals surface area contributed by atoms with Gasteiger partial charge in [0.05, 0.1) is 18.6 Å². The summed E-state index contributed by atoms with van der Waals surface area (Å²) in [6, 6.07) is 12.0. The first-order chi connectivity index (χ1) is 14.0. The third kappa shape index (κ3) is 4.28. The van der Waals surface area contributed by atoms with E-state index in [1.807, 2.05) is 18.2 Å². The number of carbonyl (C=O) groups is 1. The molecule has 154 valence electrons. The molecule has 0 fully saturated rings. The van der Waals surface area contributed by atoms with Crippen LogP contribution in [0.3, 0.4) is 0 Å². The maximum Gasteiger partial charge on any atom is 0.248 e. The largest absolute Gasteiger partial charge is 0.443 e. The zero-order valence-corrected chi connectivity index (χ0v) is 16.1. The van der Waals surface area contributed by atoms with Crippen molar-refractivity contribution in [2.24, 2.45) is 10.8 Å². The Bertz CT molecular complexity index is 892. The predicted molar refractivity (Wildman–Crippen MR) is 104 cm³/mol. The van der Waals surface area contributed by atoms with E-state index in [4.69, 9.17) is 15.2 Å². The van der Waals surface area contributed by atoms with Crippen LogP contribution < -0.4 is 5.73 Å². The number of amides is 1. The van der Waals surface area contributed by atoms with E-state index in [1.165, 1.54) is 12.1 Å². The van der Waals surface area contributed by atoms with Crippen LogP contribution in [0.2, 0.25) is 0 Å². The molecule has 0 aromatic heterocycles. The quantitative estimate of drug-likeness (QED) is 0.735. The van der Waals surface area contributed by atoms with Crippen molar-refractivity contribution < 1.29 is 23.0 Å². The number of nitrogens with two attached hydrogens (primary N) is 1. The SMILES string of the molecule is COCCC(=O)N1N=C(c2cc(F)ccc2F)OC1(CCCN)c1ccccc1. The number of ether oxygens (including phenoxy) is 2. The Labute approximate surface area is 167 Å². The van der Waals surface area contributed by atoms with Crippen LogP contribution in [0.25, 0.3) is 0 Å². The highest BCUT2D eigenvalue weighted by atomic mass is 19.1. The van der Waals surface area contributed by atoms with Crippen LogP contribution in [-0.4, -0.2) is 37.1 Å². The maximum absolute atomic E-state index is 14.4. The zero-order valence-electron chi connectivity index (χ0n) is 16.1. The summed E-state index contributed by atoms with van der Waals surface area (Å²) in [5.74, 6) is -1.85. The van der Waals surface area contributed by atoms with E-state index < -0.39 is 17.4 Å². The number of nitrogens with zero attached hydrogens (tertiary/aromatic N) is 2. The van der Waals surface area contributed by atoms with Crippen molar-refractivity contribution >= 4 is 11.8 Å². The second kappa shape index (κ2) is 9.11. The fourth-order valence-electron chi connectivity index (χ4n) is 3.24. The Morgan fingerprint density at radius 1 is 1.24 bits per heavy atom. The van der Waals surface area contributed by atoms with Gasteiger partial charge in [0.2, 0.25) is 17.5 Å². The van der Waals surface area contributed by atoms with E-state index in [0.717, 1.165) is 18.2 Å². The number of halogens is 2. The molecular formula is C21H23F2N3O3. The van der Waals surface area contributed by atoms with E-state index in [2.05, 4.69) is 5.10 Å². The fraction of sp³-hybridized carbons (Fsp3) is 0.333. The predicted octanol–water partition coefficient (Wildman–Crippen LogP) is 3.11. The van der Waals surface area contributed by atoms with Crippen molar-refractivity contribution in [3.8, 4) is 0 Å². The molecule has 1 amide bonds. The van der Waals surface area contributed by atoms with Crippen LogP contribution in [0, 0.1) is 11.6 Å². The molecule has 3 rings (SSSR count). The number of hydrazone groups is 1. The third-order valence-corrected chi connectivity index (χ3v) is 4.66. The van der Waals surface area contributed by atoms with Crippen LogP contribution in [0.4, 0.5) is 8.78 Å². The molecule has 1 aliphatic heterocycles. The minimum atomic E-state index is -1.31. The lowest BCUT2D eigenvalue weighted by molar-refractivity contribution is -0.153. The second-order valence-electron chi connectivity index (χ2n) is 6.62. The van der Waals surface area contributed by atoms with E-state index in [0.29, 0.717) is 24.9 Å². The highest BCUT2D eigenvalue weighted by molar-refractivity contribution is 5.97. The molecule has 0 saturated carbocycles. The summed E-state index contributed by atoms with van der Waals surface area (Å²) in [4.78, 5) is 12.9.